The zero-order valence-corrected chi connectivity index (χ0v) is 36.1. The summed E-state index contributed by atoms with van der Waals surface area (Å²) in [6.07, 6.45) is -0.780. The Kier molecular flexibility index (Phi) is 10.3. The molecular formula is C58H48N6O2. The third-order valence-electron chi connectivity index (χ3n) is 13.9. The highest BCUT2D eigenvalue weighted by molar-refractivity contribution is 6.04. The third-order valence-corrected chi connectivity index (χ3v) is 13.9. The second-order valence-electron chi connectivity index (χ2n) is 17.8. The molecule has 66 heavy (non-hydrogen) atoms. The summed E-state index contributed by atoms with van der Waals surface area (Å²) in [5.74, 6) is -0.480. The molecule has 8 unspecified atom stereocenters. The number of amides is 2. The maximum Gasteiger partial charge on any atom is 0.262 e. The highest BCUT2D eigenvalue weighted by Crippen LogP contribution is 2.47. The van der Waals surface area contributed by atoms with E-state index in [1.807, 2.05) is 48.5 Å². The molecule has 4 aliphatic heterocycles. The Balaban J connectivity index is 0.976. The van der Waals surface area contributed by atoms with Gasteiger partial charge in [0.25, 0.3) is 11.8 Å². The molecule has 0 aromatic heterocycles. The van der Waals surface area contributed by atoms with Crippen LogP contribution in [0.1, 0.15) is 46.7 Å². The number of benzene rings is 8. The molecule has 4 N–H and O–H groups in total. The lowest BCUT2D eigenvalue weighted by Crippen LogP contribution is -2.66. The highest BCUT2D eigenvalue weighted by Gasteiger charge is 2.66. The van der Waals surface area contributed by atoms with Crippen LogP contribution in [0, 0.1) is 0 Å². The second kappa shape index (κ2) is 16.9. The van der Waals surface area contributed by atoms with Gasteiger partial charge in [-0.1, -0.05) is 194 Å². The molecule has 0 aliphatic carbocycles. The summed E-state index contributed by atoms with van der Waals surface area (Å²) in [5, 5.41) is 19.1. The summed E-state index contributed by atoms with van der Waals surface area (Å²) in [4.78, 5) is 30.5. The van der Waals surface area contributed by atoms with E-state index in [9.17, 15) is 0 Å². The van der Waals surface area contributed by atoms with E-state index in [4.69, 9.17) is 0 Å². The van der Waals surface area contributed by atoms with Crippen molar-refractivity contribution in [2.75, 3.05) is 0 Å². The molecule has 4 fully saturated rings. The third kappa shape index (κ3) is 7.16. The zero-order chi connectivity index (χ0) is 44.1. The number of hydrogen-bond acceptors (Lipinski definition) is 7. The summed E-state index contributed by atoms with van der Waals surface area (Å²) in [5.41, 5.74) is 12.9. The van der Waals surface area contributed by atoms with Gasteiger partial charge in [-0.05, 0) is 91.0 Å². The first-order valence-corrected chi connectivity index (χ1v) is 22.9. The number of hydrogen-bond donors (Lipinski definition) is 4. The average molecular weight is 861 g/mol. The summed E-state index contributed by atoms with van der Waals surface area (Å²) in [6.45, 7) is 0. The topological polar surface area (TPSA) is 88.7 Å². The molecule has 8 aromatic rings. The fraction of sp³-hybridized carbons (Fsp3) is 0.138. The van der Waals surface area contributed by atoms with Gasteiger partial charge in [0.2, 0.25) is 0 Å². The SMILES string of the molecule is O=C1C2NC(c3cccc(-c4ccccc4)c3)NC(c3cccc(-c4ccccc4)c3)C2N2C3C(NC(c4cccc(-c5ccccc5)c4)NC3c3cccc(-c4ccccc4)c3)C(=O)N12. The molecule has 8 heteroatoms. The smallest absolute Gasteiger partial charge is 0.262 e. The van der Waals surface area contributed by atoms with Crippen LogP contribution in [0.4, 0.5) is 0 Å². The van der Waals surface area contributed by atoms with E-state index in [1.54, 1.807) is 0 Å². The predicted molar refractivity (Wildman–Crippen MR) is 260 cm³/mol. The Labute approximate surface area is 384 Å². The van der Waals surface area contributed by atoms with E-state index < -0.39 is 36.5 Å². The number of imide groups is 1. The molecule has 0 bridgehead atoms. The summed E-state index contributed by atoms with van der Waals surface area (Å²) in [6, 6.07) is 72.7. The molecule has 8 aromatic carbocycles. The lowest BCUT2D eigenvalue weighted by Gasteiger charge is -2.47. The maximum atomic E-state index is 15.3. The van der Waals surface area contributed by atoms with Gasteiger partial charge in [0.1, 0.15) is 12.1 Å². The van der Waals surface area contributed by atoms with Crippen molar-refractivity contribution >= 4 is 11.8 Å². The Morgan fingerprint density at radius 1 is 0.288 bits per heavy atom. The van der Waals surface area contributed by atoms with E-state index in [0.29, 0.717) is 0 Å². The van der Waals surface area contributed by atoms with E-state index in [0.717, 1.165) is 66.8 Å². The minimum absolute atomic E-state index is 0.240. The van der Waals surface area contributed by atoms with Gasteiger partial charge in [0.05, 0.1) is 36.5 Å². The van der Waals surface area contributed by atoms with Crippen molar-refractivity contribution in [2.45, 2.75) is 48.6 Å². The lowest BCUT2D eigenvalue weighted by molar-refractivity contribution is -0.151. The van der Waals surface area contributed by atoms with Gasteiger partial charge in [-0.2, -0.15) is 5.01 Å². The molecule has 0 radical (unpaired) electrons. The quantitative estimate of drug-likeness (QED) is 0.113. The Morgan fingerprint density at radius 3 is 0.894 bits per heavy atom. The van der Waals surface area contributed by atoms with Crippen LogP contribution in [0.2, 0.25) is 0 Å². The largest absolute Gasteiger partial charge is 0.289 e. The van der Waals surface area contributed by atoms with Crippen molar-refractivity contribution in [3.05, 3.63) is 241 Å². The lowest BCUT2D eigenvalue weighted by atomic mass is 9.84. The van der Waals surface area contributed by atoms with E-state index in [-0.39, 0.29) is 23.9 Å². The van der Waals surface area contributed by atoms with Gasteiger partial charge >= 0.3 is 0 Å². The van der Waals surface area contributed by atoms with Crippen molar-refractivity contribution in [2.24, 2.45) is 0 Å². The maximum absolute atomic E-state index is 15.3. The van der Waals surface area contributed by atoms with Gasteiger partial charge < -0.3 is 0 Å². The fourth-order valence-corrected chi connectivity index (χ4v) is 10.8. The van der Waals surface area contributed by atoms with Gasteiger partial charge in [0, 0.05) is 0 Å². The monoisotopic (exact) mass is 860 g/mol. The Hall–Kier alpha value is -7.30. The van der Waals surface area contributed by atoms with Crippen molar-refractivity contribution in [1.29, 1.82) is 0 Å². The molecule has 0 spiro atoms. The first-order valence-electron chi connectivity index (χ1n) is 22.9. The molecule has 2 amide bonds. The van der Waals surface area contributed by atoms with Crippen LogP contribution < -0.4 is 21.3 Å². The number of fused-ring (bicyclic) bond motifs is 5. The standard InChI is InChI=1S/C58H48N6O2/c65-57-51-53(49(45-29-13-25-41(33-45)37-17-5-1-6-18-37)59-55(61-51)47-31-15-27-43(35-47)39-21-9-3-10-22-39)63-54-50(46-30-14-26-42(34-46)38-19-7-2-8-20-38)60-56(62-52(54)58(66)64(57)63)48-32-16-28-44(36-48)40-23-11-4-12-24-40/h1-36,49-56,59-62H. The van der Waals surface area contributed by atoms with E-state index in [2.05, 4.69) is 196 Å². The molecule has 12 rings (SSSR count). The number of carbonyl (C=O) groups is 2. The molecular weight excluding hydrogens is 813 g/mol. The first kappa shape index (κ1) is 40.2. The molecule has 4 heterocycles. The summed E-state index contributed by atoms with van der Waals surface area (Å²) >= 11 is 0. The predicted octanol–water partition coefficient (Wildman–Crippen LogP) is 9.99. The van der Waals surface area contributed by atoms with Crippen molar-refractivity contribution in [3.63, 3.8) is 0 Å². The van der Waals surface area contributed by atoms with Crippen molar-refractivity contribution < 1.29 is 9.59 Å². The molecule has 322 valence electrons. The number of rotatable bonds is 8. The van der Waals surface area contributed by atoms with Crippen LogP contribution >= 0.6 is 0 Å². The highest BCUT2D eigenvalue weighted by atomic mass is 16.2. The summed E-state index contributed by atoms with van der Waals surface area (Å²) in [7, 11) is 0. The van der Waals surface area contributed by atoms with Gasteiger partial charge in [0.15, 0.2) is 0 Å². The van der Waals surface area contributed by atoms with Crippen molar-refractivity contribution in [1.82, 2.24) is 31.3 Å². The molecule has 0 saturated carbocycles. The minimum Gasteiger partial charge on any atom is -0.289 e. The molecule has 8 atom stereocenters. The van der Waals surface area contributed by atoms with Crippen LogP contribution in [0.25, 0.3) is 44.5 Å². The van der Waals surface area contributed by atoms with Crippen LogP contribution in [0.5, 0.6) is 0 Å². The van der Waals surface area contributed by atoms with E-state index >= 15 is 9.59 Å². The van der Waals surface area contributed by atoms with Gasteiger partial charge in [-0.3, -0.25) is 30.9 Å². The number of hydrazine groups is 1. The zero-order valence-electron chi connectivity index (χ0n) is 36.1. The van der Waals surface area contributed by atoms with Crippen LogP contribution in [-0.4, -0.2) is 46.0 Å². The molecule has 4 aliphatic rings. The van der Waals surface area contributed by atoms with Crippen LogP contribution in [0.3, 0.4) is 0 Å². The first-order chi connectivity index (χ1) is 32.6. The van der Waals surface area contributed by atoms with Gasteiger partial charge in [-0.15, -0.1) is 0 Å². The minimum atomic E-state index is -0.691. The van der Waals surface area contributed by atoms with Crippen LogP contribution in [-0.2, 0) is 9.59 Å². The second-order valence-corrected chi connectivity index (χ2v) is 17.8. The molecule has 8 nitrogen and oxygen atoms in total. The fourth-order valence-electron chi connectivity index (χ4n) is 10.8. The van der Waals surface area contributed by atoms with Crippen LogP contribution in [0.15, 0.2) is 218 Å². The van der Waals surface area contributed by atoms with Crippen molar-refractivity contribution in [3.8, 4) is 44.5 Å². The Bertz CT molecular complexity index is 2850. The summed E-state index contributed by atoms with van der Waals surface area (Å²) < 4.78 is 0. The number of nitrogens with one attached hydrogen (secondary N) is 4. The van der Waals surface area contributed by atoms with E-state index in [1.165, 1.54) is 5.01 Å². The Morgan fingerprint density at radius 2 is 0.561 bits per heavy atom. The normalized spacial score (nSPS) is 24.7. The molecule has 4 saturated heterocycles. The number of nitrogens with zero attached hydrogens (tertiary/aromatic N) is 2. The average Bonchev–Trinajstić information content (AvgIpc) is 3.86. The van der Waals surface area contributed by atoms with Gasteiger partial charge in [-0.25, -0.2) is 5.01 Å². The number of carbonyl (C=O) groups excluding carboxylic acids is 2.